The SMILES string of the molecule is COc1ccccc1CN(C)CCN(C)Cc1cc(C(C)(C)C)cc(C(C)(C)C)c1O. The third-order valence-corrected chi connectivity index (χ3v) is 5.80. The number of hydrogen-bond acceptors (Lipinski definition) is 4. The summed E-state index contributed by atoms with van der Waals surface area (Å²) in [5.74, 6) is 1.37. The van der Waals surface area contributed by atoms with Gasteiger partial charge in [-0.15, -0.1) is 0 Å². The zero-order chi connectivity index (χ0) is 23.4. The Balaban J connectivity index is 2.10. The van der Waals surface area contributed by atoms with Crippen molar-refractivity contribution in [2.24, 2.45) is 0 Å². The van der Waals surface area contributed by atoms with E-state index in [1.807, 2.05) is 12.1 Å². The molecule has 0 atom stereocenters. The summed E-state index contributed by atoms with van der Waals surface area (Å²) in [5.41, 5.74) is 4.43. The monoisotopic (exact) mass is 426 g/mol. The zero-order valence-corrected chi connectivity index (χ0v) is 21.0. The summed E-state index contributed by atoms with van der Waals surface area (Å²) in [7, 11) is 5.98. The van der Waals surface area contributed by atoms with Crippen LogP contribution < -0.4 is 4.74 Å². The van der Waals surface area contributed by atoms with Crippen molar-refractivity contribution in [1.29, 1.82) is 0 Å². The molecule has 0 aromatic heterocycles. The van der Waals surface area contributed by atoms with Gasteiger partial charge in [0.05, 0.1) is 7.11 Å². The third-order valence-electron chi connectivity index (χ3n) is 5.80. The first-order valence-corrected chi connectivity index (χ1v) is 11.2. The fraction of sp³-hybridized carbons (Fsp3) is 0.556. The van der Waals surface area contributed by atoms with Crippen LogP contribution in [0.4, 0.5) is 0 Å². The molecule has 31 heavy (non-hydrogen) atoms. The highest BCUT2D eigenvalue weighted by atomic mass is 16.5. The number of hydrogen-bond donors (Lipinski definition) is 1. The number of methoxy groups -OCH3 is 1. The summed E-state index contributed by atoms with van der Waals surface area (Å²) in [5, 5.41) is 11.0. The maximum absolute atomic E-state index is 11.0. The van der Waals surface area contributed by atoms with E-state index in [-0.39, 0.29) is 10.8 Å². The third kappa shape index (κ3) is 6.98. The second-order valence-corrected chi connectivity index (χ2v) is 10.8. The van der Waals surface area contributed by atoms with Crippen LogP contribution in [0.3, 0.4) is 0 Å². The molecule has 0 aliphatic carbocycles. The molecule has 172 valence electrons. The van der Waals surface area contributed by atoms with Crippen molar-refractivity contribution in [2.45, 2.75) is 65.5 Å². The molecule has 0 spiro atoms. The van der Waals surface area contributed by atoms with Gasteiger partial charge in [0, 0.05) is 37.3 Å². The van der Waals surface area contributed by atoms with Crippen LogP contribution in [-0.4, -0.2) is 49.2 Å². The van der Waals surface area contributed by atoms with Crippen molar-refractivity contribution in [3.05, 3.63) is 58.7 Å². The second kappa shape index (κ2) is 10.1. The molecule has 1 N–H and O–H groups in total. The Labute approximate surface area is 189 Å². The Morgan fingerprint density at radius 2 is 1.35 bits per heavy atom. The van der Waals surface area contributed by atoms with Gasteiger partial charge in [-0.25, -0.2) is 0 Å². The van der Waals surface area contributed by atoms with Gasteiger partial charge in [0.25, 0.3) is 0 Å². The van der Waals surface area contributed by atoms with Crippen molar-refractivity contribution >= 4 is 0 Å². The van der Waals surface area contributed by atoms with Crippen LogP contribution in [0.25, 0.3) is 0 Å². The van der Waals surface area contributed by atoms with Gasteiger partial charge in [-0.05, 0) is 42.1 Å². The normalized spacial score (nSPS) is 12.6. The first-order chi connectivity index (χ1) is 14.3. The molecule has 0 fully saturated rings. The number of phenolic OH excluding ortho intramolecular Hbond substituents is 1. The molecule has 2 aromatic carbocycles. The minimum Gasteiger partial charge on any atom is -0.507 e. The van der Waals surface area contributed by atoms with Crippen LogP contribution in [0, 0.1) is 0 Å². The van der Waals surface area contributed by atoms with E-state index in [0.717, 1.165) is 43.1 Å². The highest BCUT2D eigenvalue weighted by Gasteiger charge is 2.25. The van der Waals surface area contributed by atoms with Gasteiger partial charge in [0.1, 0.15) is 11.5 Å². The lowest BCUT2D eigenvalue weighted by Crippen LogP contribution is -2.30. The van der Waals surface area contributed by atoms with Crippen LogP contribution in [0.15, 0.2) is 36.4 Å². The summed E-state index contributed by atoms with van der Waals surface area (Å²) in [6.07, 6.45) is 0. The van der Waals surface area contributed by atoms with Gasteiger partial charge < -0.3 is 19.6 Å². The minimum atomic E-state index is -0.104. The maximum atomic E-state index is 11.0. The van der Waals surface area contributed by atoms with Crippen molar-refractivity contribution in [3.63, 3.8) is 0 Å². The summed E-state index contributed by atoms with van der Waals surface area (Å²) in [6, 6.07) is 12.5. The Morgan fingerprint density at radius 3 is 1.87 bits per heavy atom. The average Bonchev–Trinajstić information content (AvgIpc) is 2.66. The predicted octanol–water partition coefficient (Wildman–Crippen LogP) is 5.56. The lowest BCUT2D eigenvalue weighted by atomic mass is 9.79. The molecule has 0 aliphatic heterocycles. The molecule has 2 rings (SSSR count). The molecule has 0 bridgehead atoms. The smallest absolute Gasteiger partial charge is 0.123 e. The van der Waals surface area contributed by atoms with Gasteiger partial charge >= 0.3 is 0 Å². The van der Waals surface area contributed by atoms with Gasteiger partial charge in [-0.1, -0.05) is 71.9 Å². The topological polar surface area (TPSA) is 35.9 Å². The van der Waals surface area contributed by atoms with Crippen molar-refractivity contribution in [1.82, 2.24) is 9.80 Å². The molecule has 0 amide bonds. The first kappa shape index (κ1) is 25.2. The summed E-state index contributed by atoms with van der Waals surface area (Å²) >= 11 is 0. The highest BCUT2D eigenvalue weighted by Crippen LogP contribution is 2.38. The van der Waals surface area contributed by atoms with Crippen molar-refractivity contribution < 1.29 is 9.84 Å². The number of rotatable bonds is 8. The Bertz CT molecular complexity index is 863. The molecule has 4 heteroatoms. The van der Waals surface area contributed by atoms with E-state index in [2.05, 4.69) is 89.7 Å². The lowest BCUT2D eigenvalue weighted by Gasteiger charge is -2.29. The number of ether oxygens (including phenoxy) is 1. The Kier molecular flexibility index (Phi) is 8.18. The molecule has 0 radical (unpaired) electrons. The van der Waals surface area contributed by atoms with Gasteiger partial charge in [0.2, 0.25) is 0 Å². The fourth-order valence-electron chi connectivity index (χ4n) is 3.73. The van der Waals surface area contributed by atoms with E-state index >= 15 is 0 Å². The van der Waals surface area contributed by atoms with Crippen LogP contribution in [0.1, 0.15) is 63.8 Å². The number of phenols is 1. The largest absolute Gasteiger partial charge is 0.507 e. The number of benzene rings is 2. The summed E-state index contributed by atoms with van der Waals surface area (Å²) in [6.45, 7) is 16.6. The van der Waals surface area contributed by atoms with E-state index in [1.54, 1.807) is 7.11 Å². The van der Waals surface area contributed by atoms with E-state index in [1.165, 1.54) is 11.1 Å². The molecule has 0 aliphatic rings. The predicted molar refractivity (Wildman–Crippen MR) is 131 cm³/mol. The molecule has 0 saturated heterocycles. The average molecular weight is 427 g/mol. The standard InChI is InChI=1S/C27H42N2O2/c1-26(2,3)22-16-21(25(30)23(17-22)27(4,5)6)19-29(8)15-14-28(7)18-20-12-10-11-13-24(20)31-9/h10-13,16-17,30H,14-15,18-19H2,1-9H3. The second-order valence-electron chi connectivity index (χ2n) is 10.8. The Morgan fingerprint density at radius 1 is 0.806 bits per heavy atom. The number of nitrogens with zero attached hydrogens (tertiary/aromatic N) is 2. The van der Waals surface area contributed by atoms with Crippen LogP contribution in [-0.2, 0) is 23.9 Å². The summed E-state index contributed by atoms with van der Waals surface area (Å²) < 4.78 is 5.48. The van der Waals surface area contributed by atoms with E-state index in [4.69, 9.17) is 4.74 Å². The lowest BCUT2D eigenvalue weighted by molar-refractivity contribution is 0.243. The quantitative estimate of drug-likeness (QED) is 0.599. The van der Waals surface area contributed by atoms with Gasteiger partial charge in [-0.2, -0.15) is 0 Å². The molecule has 4 nitrogen and oxygen atoms in total. The number of para-hydroxylation sites is 1. The Hall–Kier alpha value is -2.04. The van der Waals surface area contributed by atoms with Gasteiger partial charge in [-0.3, -0.25) is 0 Å². The van der Waals surface area contributed by atoms with Crippen molar-refractivity contribution in [2.75, 3.05) is 34.3 Å². The van der Waals surface area contributed by atoms with Gasteiger partial charge in [0.15, 0.2) is 0 Å². The molecule has 2 aromatic rings. The van der Waals surface area contributed by atoms with E-state index < -0.39 is 0 Å². The molecule has 0 saturated carbocycles. The molecular formula is C27H42N2O2. The minimum absolute atomic E-state index is 0.0377. The molecular weight excluding hydrogens is 384 g/mol. The fourth-order valence-corrected chi connectivity index (χ4v) is 3.73. The van der Waals surface area contributed by atoms with Crippen LogP contribution >= 0.6 is 0 Å². The highest BCUT2D eigenvalue weighted by molar-refractivity contribution is 5.48. The molecule has 0 unspecified atom stereocenters. The number of likely N-dealkylation sites (N-methyl/N-ethyl adjacent to an activating group) is 2. The first-order valence-electron chi connectivity index (χ1n) is 11.2. The van der Waals surface area contributed by atoms with Crippen molar-refractivity contribution in [3.8, 4) is 11.5 Å². The van der Waals surface area contributed by atoms with E-state index in [9.17, 15) is 5.11 Å². The maximum Gasteiger partial charge on any atom is 0.123 e. The summed E-state index contributed by atoms with van der Waals surface area (Å²) in [4.78, 5) is 4.59. The molecule has 0 heterocycles. The zero-order valence-electron chi connectivity index (χ0n) is 21.0. The van der Waals surface area contributed by atoms with Crippen LogP contribution in [0.2, 0.25) is 0 Å². The number of aromatic hydroxyl groups is 1. The van der Waals surface area contributed by atoms with E-state index in [0.29, 0.717) is 5.75 Å². The van der Waals surface area contributed by atoms with Crippen LogP contribution in [0.5, 0.6) is 11.5 Å².